The lowest BCUT2D eigenvalue weighted by Crippen LogP contribution is -2.78. The first-order valence-electron chi connectivity index (χ1n) is 23.9. The van der Waals surface area contributed by atoms with Crippen molar-refractivity contribution in [2.45, 2.75) is 46.0 Å². The van der Waals surface area contributed by atoms with Crippen LogP contribution in [0.15, 0.2) is 48.5 Å². The van der Waals surface area contributed by atoms with E-state index in [9.17, 15) is 39.5 Å². The van der Waals surface area contributed by atoms with Crippen molar-refractivity contribution in [1.29, 1.82) is 0 Å². The zero-order valence-corrected chi connectivity index (χ0v) is 42.1. The average molecular weight is 1210 g/mol. The van der Waals surface area contributed by atoms with E-state index >= 15 is 70.2 Å². The van der Waals surface area contributed by atoms with Crippen LogP contribution < -0.4 is 27.2 Å². The molecule has 9 aromatic carbocycles. The summed E-state index contributed by atoms with van der Waals surface area (Å²) >= 11 is 0. The van der Waals surface area contributed by atoms with Gasteiger partial charge in [0.05, 0.1) is 33.9 Å². The summed E-state index contributed by atoms with van der Waals surface area (Å²) in [6, 6.07) is -0.488. The number of fused-ring (bicyclic) bond motifs is 4. The topological polar surface area (TPSA) is 0 Å². The van der Waals surface area contributed by atoms with Gasteiger partial charge < -0.3 is 0 Å². The number of rotatable bonds is 12. The quantitative estimate of drug-likeness (QED) is 0.0286. The molecule has 0 heterocycles. The normalized spacial score (nSPS) is 12.4. The number of hydrogen-bond donors (Lipinski definition) is 0. The van der Waals surface area contributed by atoms with Crippen molar-refractivity contribution in [3.8, 4) is 0 Å². The van der Waals surface area contributed by atoms with E-state index in [-0.39, 0.29) is 48.5 Å². The standard InChI is InChI=1S/C40H8BF20.C15H20F5P/c42-13-5-1-9-17(25(13)46)29(50)37(58)33(54)21(9)41(22-10-2-6-14(43)26(47)18(10)30(51)38(59)34(22)55,23-11-3-7-15(44)27(48)19(11)31(52)39(60)35(23)56)24-12-4-8-16(45)28(49)20(12)32(53)40(61)36(24)57;1-3-5-6-7-9-21(8-4-2)15-13(19)11(17)10(16)12(18)14(15)20/h1-8H;3-9H2,1-2H3/q-1;/p+1. The summed E-state index contributed by atoms with van der Waals surface area (Å²) in [6.07, 6.45) is -0.847. The van der Waals surface area contributed by atoms with Crippen LogP contribution in [0.3, 0.4) is 0 Å². The Bertz CT molecular complexity index is 3680. The number of unbranched alkanes of at least 4 members (excludes halogenated alkanes) is 3. The fourth-order valence-corrected chi connectivity index (χ4v) is 13.5. The Labute approximate surface area is 445 Å². The van der Waals surface area contributed by atoms with Crippen molar-refractivity contribution in [3.05, 3.63) is 194 Å². The summed E-state index contributed by atoms with van der Waals surface area (Å²) in [7, 11) is -1.77. The largest absolute Gasteiger partial charge is 0.207 e. The van der Waals surface area contributed by atoms with Crippen LogP contribution in [0.1, 0.15) is 46.0 Å². The molecule has 0 aromatic heterocycles. The van der Waals surface area contributed by atoms with Gasteiger partial charge in [-0.2, -0.15) is 8.78 Å². The highest BCUT2D eigenvalue weighted by Gasteiger charge is 2.49. The molecule has 0 radical (unpaired) electrons. The minimum atomic E-state index is -6.29. The van der Waals surface area contributed by atoms with Gasteiger partial charge in [0.25, 0.3) is 0 Å². The zero-order chi connectivity index (χ0) is 60.6. The van der Waals surface area contributed by atoms with Gasteiger partial charge in [-0.3, -0.25) is 0 Å². The van der Waals surface area contributed by atoms with E-state index in [2.05, 4.69) is 0 Å². The highest BCUT2D eigenvalue weighted by molar-refractivity contribution is 7.65. The van der Waals surface area contributed by atoms with Crippen molar-refractivity contribution >= 4 is 84.3 Å². The molecule has 1 unspecified atom stereocenters. The second-order valence-electron chi connectivity index (χ2n) is 18.5. The van der Waals surface area contributed by atoms with Gasteiger partial charge in [-0.1, -0.05) is 51.0 Å². The highest BCUT2D eigenvalue weighted by atomic mass is 31.1. The second-order valence-corrected chi connectivity index (χ2v) is 21.2. The van der Waals surface area contributed by atoms with Gasteiger partial charge in [0.15, 0.2) is 98.4 Å². The minimum Gasteiger partial charge on any atom is -0.207 e. The van der Waals surface area contributed by atoms with Gasteiger partial charge in [-0.05, 0) is 65.1 Å². The fraction of sp³-hybridized carbons (Fsp3) is 0.164. The van der Waals surface area contributed by atoms with Crippen LogP contribution >= 0.6 is 7.92 Å². The summed E-state index contributed by atoms with van der Waals surface area (Å²) < 4.78 is 385. The first kappa shape index (κ1) is 60.9. The summed E-state index contributed by atoms with van der Waals surface area (Å²) in [5, 5.41) is -16.7. The van der Waals surface area contributed by atoms with Gasteiger partial charge in [-0.15, -0.1) is 21.9 Å². The molecule has 0 saturated carbocycles. The van der Waals surface area contributed by atoms with E-state index in [0.717, 1.165) is 25.7 Å². The highest BCUT2D eigenvalue weighted by Crippen LogP contribution is 2.41. The van der Waals surface area contributed by atoms with Crippen molar-refractivity contribution in [1.82, 2.24) is 0 Å². The average Bonchev–Trinajstić information content (AvgIpc) is 1.81. The van der Waals surface area contributed by atoms with Crippen LogP contribution in [0.25, 0.3) is 43.1 Å². The Morgan fingerprint density at radius 2 is 0.512 bits per heavy atom. The maximum Gasteiger partial charge on any atom is 0.206 e. The van der Waals surface area contributed by atoms with Crippen LogP contribution in [-0.2, 0) is 0 Å². The second kappa shape index (κ2) is 22.8. The lowest BCUT2D eigenvalue weighted by atomic mass is 9.11. The molecule has 9 rings (SSSR count). The smallest absolute Gasteiger partial charge is 0.206 e. The maximum absolute atomic E-state index is 17.3. The molecule has 82 heavy (non-hydrogen) atoms. The predicted molar refractivity (Wildman–Crippen MR) is 258 cm³/mol. The Hall–Kier alpha value is -7.24. The summed E-state index contributed by atoms with van der Waals surface area (Å²) in [5.74, 6) is -63.8. The van der Waals surface area contributed by atoms with Crippen molar-refractivity contribution < 1.29 is 110 Å². The van der Waals surface area contributed by atoms with E-state index in [0.29, 0.717) is 18.7 Å². The molecule has 27 heteroatoms. The van der Waals surface area contributed by atoms with E-state index in [1.54, 1.807) is 0 Å². The lowest BCUT2D eigenvalue weighted by molar-refractivity contribution is 0.384. The lowest BCUT2D eigenvalue weighted by Gasteiger charge is -2.47. The maximum atomic E-state index is 17.3. The summed E-state index contributed by atoms with van der Waals surface area (Å²) in [4.78, 5) is 0. The molecular weight excluding hydrogens is 1180 g/mol. The Balaban J connectivity index is 0.000000354. The van der Waals surface area contributed by atoms with Crippen LogP contribution in [-0.4, -0.2) is 18.5 Å². The van der Waals surface area contributed by atoms with Gasteiger partial charge in [0.1, 0.15) is 29.4 Å². The van der Waals surface area contributed by atoms with Crippen molar-refractivity contribution in [3.63, 3.8) is 0 Å². The van der Waals surface area contributed by atoms with Crippen LogP contribution in [0, 0.1) is 145 Å². The molecule has 432 valence electrons. The third-order valence-electron chi connectivity index (χ3n) is 14.1. The molecule has 0 aliphatic carbocycles. The molecule has 0 bridgehead atoms. The molecule has 0 spiro atoms. The molecule has 0 aliphatic rings. The van der Waals surface area contributed by atoms with Gasteiger partial charge >= 0.3 is 0 Å². The monoisotopic (exact) mass is 1210 g/mol. The number of benzene rings is 9. The first-order chi connectivity index (χ1) is 38.6. The molecule has 0 fully saturated rings. The van der Waals surface area contributed by atoms with Gasteiger partial charge in [0.2, 0.25) is 29.1 Å². The fourth-order valence-electron chi connectivity index (χ4n) is 10.6. The zero-order valence-electron chi connectivity index (χ0n) is 41.1. The van der Waals surface area contributed by atoms with Crippen molar-refractivity contribution in [2.24, 2.45) is 0 Å². The summed E-state index contributed by atoms with van der Waals surface area (Å²) in [6.45, 7) is 3.89. The van der Waals surface area contributed by atoms with Gasteiger partial charge in [0, 0.05) is 7.92 Å². The molecule has 1 atom stereocenters. The van der Waals surface area contributed by atoms with Gasteiger partial charge in [-0.25, -0.2) is 101 Å². The Morgan fingerprint density at radius 1 is 0.256 bits per heavy atom. The Morgan fingerprint density at radius 3 is 0.768 bits per heavy atom. The van der Waals surface area contributed by atoms with E-state index in [4.69, 9.17) is 0 Å². The number of hydrogen-bond acceptors (Lipinski definition) is 0. The SMILES string of the molecule is CCCCCC[PH+](CCC)c1c(F)c(F)c(F)c(F)c1F.Fc1ccc2c([B-](c3c(F)c(F)c(F)c4c(F)c(F)ccc34)(c3c(F)c(F)c(F)c4c(F)c(F)ccc34)c3c(F)c(F)c(F)c4c(F)c(F)ccc34)c(F)c(F)c(F)c2c1F. The number of halogens is 25. The van der Waals surface area contributed by atoms with Crippen molar-refractivity contribution in [2.75, 3.05) is 12.3 Å². The molecule has 0 aliphatic heterocycles. The molecule has 0 amide bonds. The van der Waals surface area contributed by atoms with E-state index in [1.807, 2.05) is 13.8 Å². The van der Waals surface area contributed by atoms with Crippen LogP contribution in [0.5, 0.6) is 0 Å². The van der Waals surface area contributed by atoms with Crippen LogP contribution in [0.2, 0.25) is 0 Å². The predicted octanol–water partition coefficient (Wildman–Crippen LogP) is 15.7. The van der Waals surface area contributed by atoms with E-state index in [1.165, 1.54) is 0 Å². The molecule has 9 aromatic rings. The third-order valence-corrected chi connectivity index (χ3v) is 17.3. The molecule has 0 saturated heterocycles. The first-order valence-corrected chi connectivity index (χ1v) is 25.8. The molecular formula is C55H29BF25P. The summed E-state index contributed by atoms with van der Waals surface area (Å²) in [5.41, 5.74) is -9.74. The molecule has 0 N–H and O–H groups in total. The van der Waals surface area contributed by atoms with E-state index < -0.39 is 230 Å². The van der Waals surface area contributed by atoms with Crippen LogP contribution in [0.4, 0.5) is 110 Å². The minimum absolute atomic E-state index is 0.0220. The third kappa shape index (κ3) is 9.21. The molecule has 0 nitrogen and oxygen atoms in total. The Kier molecular flexibility index (Phi) is 16.9.